The summed E-state index contributed by atoms with van der Waals surface area (Å²) in [7, 11) is 0. The molecule has 0 spiro atoms. The maximum absolute atomic E-state index is 12.4. The minimum Gasteiger partial charge on any atom is -0.481 e. The SMILES string of the molecule is Cc1nc(C)c(C(C)NC(=O)[C@@H]2CCCC[C@@H]2C(=O)O)s1. The Balaban J connectivity index is 2.06. The Kier molecular flexibility index (Phi) is 4.98. The second-order valence-corrected chi connectivity index (χ2v) is 6.98. The van der Waals surface area contributed by atoms with Gasteiger partial charge in [-0.2, -0.15) is 0 Å². The van der Waals surface area contributed by atoms with Crippen molar-refractivity contribution < 1.29 is 14.7 Å². The molecule has 1 aromatic heterocycles. The van der Waals surface area contributed by atoms with Gasteiger partial charge in [0, 0.05) is 4.88 Å². The lowest BCUT2D eigenvalue weighted by Gasteiger charge is -2.28. The van der Waals surface area contributed by atoms with E-state index in [0.717, 1.165) is 28.4 Å². The minimum absolute atomic E-state index is 0.125. The van der Waals surface area contributed by atoms with E-state index in [9.17, 15) is 14.7 Å². The number of aromatic nitrogens is 1. The van der Waals surface area contributed by atoms with Crippen molar-refractivity contribution in [1.29, 1.82) is 0 Å². The molecule has 2 rings (SSSR count). The van der Waals surface area contributed by atoms with Gasteiger partial charge in [-0.1, -0.05) is 12.8 Å². The van der Waals surface area contributed by atoms with E-state index in [4.69, 9.17) is 0 Å². The molecule has 1 fully saturated rings. The molecule has 0 aliphatic heterocycles. The number of carboxylic acids is 1. The number of aryl methyl sites for hydroxylation is 2. The molecule has 5 nitrogen and oxygen atoms in total. The van der Waals surface area contributed by atoms with E-state index in [1.165, 1.54) is 0 Å². The van der Waals surface area contributed by atoms with Gasteiger partial charge >= 0.3 is 5.97 Å². The lowest BCUT2D eigenvalue weighted by Crippen LogP contribution is -2.40. The van der Waals surface area contributed by atoms with Crippen LogP contribution in [-0.4, -0.2) is 22.0 Å². The van der Waals surface area contributed by atoms with Gasteiger partial charge in [-0.3, -0.25) is 9.59 Å². The van der Waals surface area contributed by atoms with Gasteiger partial charge in [-0.05, 0) is 33.6 Å². The van der Waals surface area contributed by atoms with Gasteiger partial charge in [0.1, 0.15) is 0 Å². The average Bonchev–Trinajstić information content (AvgIpc) is 2.77. The topological polar surface area (TPSA) is 79.3 Å². The fourth-order valence-electron chi connectivity index (χ4n) is 3.08. The number of rotatable bonds is 4. The van der Waals surface area contributed by atoms with E-state index in [1.807, 2.05) is 20.8 Å². The van der Waals surface area contributed by atoms with Crippen molar-refractivity contribution in [3.8, 4) is 0 Å². The normalized spacial score (nSPS) is 23.6. The molecule has 0 radical (unpaired) electrons. The van der Waals surface area contributed by atoms with E-state index in [2.05, 4.69) is 10.3 Å². The fourth-order valence-corrected chi connectivity index (χ4v) is 4.00. The van der Waals surface area contributed by atoms with Crippen molar-refractivity contribution in [1.82, 2.24) is 10.3 Å². The number of carbonyl (C=O) groups excluding carboxylic acids is 1. The lowest BCUT2D eigenvalue weighted by atomic mass is 9.78. The minimum atomic E-state index is -0.854. The van der Waals surface area contributed by atoms with Crippen molar-refractivity contribution in [2.45, 2.75) is 52.5 Å². The van der Waals surface area contributed by atoms with Gasteiger partial charge < -0.3 is 10.4 Å². The molecular formula is C15H22N2O3S. The Labute approximate surface area is 128 Å². The number of carbonyl (C=O) groups is 2. The highest BCUT2D eigenvalue weighted by molar-refractivity contribution is 7.11. The summed E-state index contributed by atoms with van der Waals surface area (Å²) in [6.07, 6.45) is 3.08. The van der Waals surface area contributed by atoms with Crippen molar-refractivity contribution in [3.05, 3.63) is 15.6 Å². The summed E-state index contributed by atoms with van der Waals surface area (Å²) in [6, 6.07) is -0.125. The third kappa shape index (κ3) is 3.61. The molecule has 0 saturated heterocycles. The van der Waals surface area contributed by atoms with Crippen LogP contribution in [0.15, 0.2) is 0 Å². The van der Waals surface area contributed by atoms with Crippen molar-refractivity contribution >= 4 is 23.2 Å². The molecule has 0 aromatic carbocycles. The second kappa shape index (κ2) is 6.56. The highest BCUT2D eigenvalue weighted by Crippen LogP contribution is 2.32. The Bertz CT molecular complexity index is 541. The number of thiazole rings is 1. The first kappa shape index (κ1) is 15.9. The van der Waals surface area contributed by atoms with Gasteiger partial charge in [-0.25, -0.2) is 4.98 Å². The summed E-state index contributed by atoms with van der Waals surface area (Å²) in [5.41, 5.74) is 0.934. The zero-order valence-corrected chi connectivity index (χ0v) is 13.5. The van der Waals surface area contributed by atoms with Gasteiger partial charge in [-0.15, -0.1) is 11.3 Å². The highest BCUT2D eigenvalue weighted by Gasteiger charge is 2.36. The molecule has 116 valence electrons. The number of nitrogens with one attached hydrogen (secondary N) is 1. The van der Waals surface area contributed by atoms with Crippen LogP contribution in [0.1, 0.15) is 54.2 Å². The highest BCUT2D eigenvalue weighted by atomic mass is 32.1. The third-order valence-electron chi connectivity index (χ3n) is 4.11. The quantitative estimate of drug-likeness (QED) is 0.896. The van der Waals surface area contributed by atoms with Crippen molar-refractivity contribution in [3.63, 3.8) is 0 Å². The molecule has 3 atom stereocenters. The summed E-state index contributed by atoms with van der Waals surface area (Å²) in [5.74, 6) is -1.95. The monoisotopic (exact) mass is 310 g/mol. The van der Waals surface area contributed by atoms with Gasteiger partial charge in [0.05, 0.1) is 28.6 Å². The first-order valence-corrected chi connectivity index (χ1v) is 8.19. The van der Waals surface area contributed by atoms with Gasteiger partial charge in [0.25, 0.3) is 0 Å². The molecule has 1 amide bonds. The third-order valence-corrected chi connectivity index (χ3v) is 5.37. The van der Waals surface area contributed by atoms with Crippen LogP contribution in [0.5, 0.6) is 0 Å². The zero-order valence-electron chi connectivity index (χ0n) is 12.7. The molecule has 1 saturated carbocycles. The largest absolute Gasteiger partial charge is 0.481 e. The van der Waals surface area contributed by atoms with Crippen LogP contribution >= 0.6 is 11.3 Å². The number of aliphatic carboxylic acids is 1. The maximum Gasteiger partial charge on any atom is 0.307 e. The summed E-state index contributed by atoms with van der Waals surface area (Å²) in [4.78, 5) is 29.1. The molecule has 2 N–H and O–H groups in total. The van der Waals surface area contributed by atoms with Crippen molar-refractivity contribution in [2.75, 3.05) is 0 Å². The number of carboxylic acid groups (broad SMARTS) is 1. The summed E-state index contributed by atoms with van der Waals surface area (Å²) < 4.78 is 0. The number of nitrogens with zero attached hydrogens (tertiary/aromatic N) is 1. The van der Waals surface area contributed by atoms with E-state index in [-0.39, 0.29) is 11.9 Å². The lowest BCUT2D eigenvalue weighted by molar-refractivity contribution is -0.149. The first-order chi connectivity index (χ1) is 9.90. The molecule has 0 bridgehead atoms. The van der Waals surface area contributed by atoms with Crippen LogP contribution in [0, 0.1) is 25.7 Å². The van der Waals surface area contributed by atoms with Crippen LogP contribution in [0.2, 0.25) is 0 Å². The summed E-state index contributed by atoms with van der Waals surface area (Å²) in [6.45, 7) is 5.80. The standard InChI is InChI=1S/C15H22N2O3S/c1-8-13(21-10(3)16-8)9(2)17-14(18)11-6-4-5-7-12(11)15(19)20/h9,11-12H,4-7H2,1-3H3,(H,17,18)(H,19,20)/t9?,11-,12+/m1/s1. The smallest absolute Gasteiger partial charge is 0.307 e. The number of amides is 1. The molecular weight excluding hydrogens is 288 g/mol. The van der Waals surface area contributed by atoms with Gasteiger partial charge in [0.15, 0.2) is 0 Å². The van der Waals surface area contributed by atoms with Crippen molar-refractivity contribution in [2.24, 2.45) is 11.8 Å². The van der Waals surface area contributed by atoms with Crippen LogP contribution < -0.4 is 5.32 Å². The van der Waals surface area contributed by atoms with E-state index in [0.29, 0.717) is 12.8 Å². The predicted molar refractivity (Wildman–Crippen MR) is 81.2 cm³/mol. The maximum atomic E-state index is 12.4. The van der Waals surface area contributed by atoms with Crippen LogP contribution in [-0.2, 0) is 9.59 Å². The van der Waals surface area contributed by atoms with E-state index < -0.39 is 17.8 Å². The van der Waals surface area contributed by atoms with Gasteiger partial charge in [0.2, 0.25) is 5.91 Å². The van der Waals surface area contributed by atoms with Crippen LogP contribution in [0.3, 0.4) is 0 Å². The molecule has 1 aromatic rings. The second-order valence-electron chi connectivity index (χ2n) is 5.75. The predicted octanol–water partition coefficient (Wildman–Crippen LogP) is 2.83. The Morgan fingerprint density at radius 1 is 1.29 bits per heavy atom. The molecule has 1 unspecified atom stereocenters. The summed E-state index contributed by atoms with van der Waals surface area (Å²) in [5, 5.41) is 13.2. The Hall–Kier alpha value is -1.43. The average molecular weight is 310 g/mol. The fraction of sp³-hybridized carbons (Fsp3) is 0.667. The first-order valence-electron chi connectivity index (χ1n) is 7.37. The molecule has 1 aliphatic rings. The molecule has 1 aliphatic carbocycles. The Morgan fingerprint density at radius 3 is 2.43 bits per heavy atom. The molecule has 1 heterocycles. The zero-order chi connectivity index (χ0) is 15.6. The van der Waals surface area contributed by atoms with Crippen LogP contribution in [0.4, 0.5) is 0 Å². The molecule has 21 heavy (non-hydrogen) atoms. The summed E-state index contributed by atoms with van der Waals surface area (Å²) >= 11 is 1.58. The number of hydrogen-bond acceptors (Lipinski definition) is 4. The van der Waals surface area contributed by atoms with E-state index in [1.54, 1.807) is 11.3 Å². The Morgan fingerprint density at radius 2 is 1.90 bits per heavy atom. The van der Waals surface area contributed by atoms with E-state index >= 15 is 0 Å². The molecule has 6 heteroatoms. The van der Waals surface area contributed by atoms with Crippen LogP contribution in [0.25, 0.3) is 0 Å². The number of hydrogen-bond donors (Lipinski definition) is 2.